The van der Waals surface area contributed by atoms with Gasteiger partial charge in [-0.2, -0.15) is 19.0 Å². The minimum atomic E-state index is -5.12. The van der Waals surface area contributed by atoms with Crippen molar-refractivity contribution >= 4 is 62.3 Å². The van der Waals surface area contributed by atoms with Gasteiger partial charge in [0.1, 0.15) is 35.3 Å². The Balaban J connectivity index is 0.894. The summed E-state index contributed by atoms with van der Waals surface area (Å²) in [6, 6.07) is 16.8. The van der Waals surface area contributed by atoms with Crippen molar-refractivity contribution in [1.29, 1.82) is 0 Å². The molecule has 4 amide bonds. The molecule has 7 rings (SSSR count). The molecule has 0 aliphatic carbocycles. The zero-order valence-corrected chi connectivity index (χ0v) is 43.5. The summed E-state index contributed by atoms with van der Waals surface area (Å²) in [5.41, 5.74) is 10.2. The number of aliphatic hydroxyl groups is 1. The topological polar surface area (TPSA) is 269 Å². The van der Waals surface area contributed by atoms with Crippen molar-refractivity contribution in [1.82, 2.24) is 40.5 Å². The average molecular weight is 1080 g/mol. The molecule has 19 nitrogen and oxygen atoms in total. The number of amides is 4. The second kappa shape index (κ2) is 23.9. The van der Waals surface area contributed by atoms with Gasteiger partial charge in [0.25, 0.3) is 15.9 Å². The van der Waals surface area contributed by atoms with E-state index in [0.29, 0.717) is 37.2 Å². The molecule has 0 spiro atoms. The highest BCUT2D eigenvalue weighted by atomic mass is 32.2. The van der Waals surface area contributed by atoms with Gasteiger partial charge in [-0.25, -0.2) is 17.8 Å². The van der Waals surface area contributed by atoms with Crippen LogP contribution in [0.5, 0.6) is 5.75 Å². The SMILES string of the molecule is Cc1ncsc1-c1ccc(CNC(=O)[C@@H]2C[C@@H](O)CN2C(=O)[C@@H](NC(=O)CCCCCCn2ccc(Nc3n[nH]c(-c4ccc(NS(=O)(=O)C(F)F)c(O[C@@H](C)c5ccc(F)cc5)c4)c3C(N)=O)n2)C(C)(C)C)cc1. The molecule has 0 saturated carbocycles. The molecule has 8 N–H and O–H groups in total. The van der Waals surface area contributed by atoms with Gasteiger partial charge >= 0.3 is 5.76 Å². The van der Waals surface area contributed by atoms with Crippen molar-refractivity contribution in [3.8, 4) is 27.4 Å². The van der Waals surface area contributed by atoms with Gasteiger partial charge in [-0.05, 0) is 73.1 Å². The lowest BCUT2D eigenvalue weighted by molar-refractivity contribution is -0.144. The Hall–Kier alpha value is -7.31. The number of aromatic amines is 1. The first-order valence-electron chi connectivity index (χ1n) is 24.2. The monoisotopic (exact) mass is 1080 g/mol. The minimum absolute atomic E-state index is 0.0145. The number of anilines is 3. The number of primary amides is 1. The number of thiazole rings is 1. The van der Waals surface area contributed by atoms with Gasteiger partial charge in [0.05, 0.1) is 33.6 Å². The van der Waals surface area contributed by atoms with Gasteiger partial charge in [0.15, 0.2) is 11.6 Å². The quantitative estimate of drug-likeness (QED) is 0.0307. The molecule has 0 bridgehead atoms. The van der Waals surface area contributed by atoms with Crippen molar-refractivity contribution < 1.29 is 50.6 Å². The number of hydrogen-bond donors (Lipinski definition) is 7. The van der Waals surface area contributed by atoms with Crippen LogP contribution in [-0.4, -0.2) is 97.5 Å². The second-order valence-corrected chi connectivity index (χ2v) is 21.8. The van der Waals surface area contributed by atoms with Crippen LogP contribution in [-0.2, 0) is 37.5 Å². The van der Waals surface area contributed by atoms with E-state index in [2.05, 4.69) is 36.2 Å². The Labute approximate surface area is 435 Å². The number of benzene rings is 3. The standard InChI is InChI=1S/C51H60F3N11O8S2/c1-29-44(74-28-57-29)33-13-11-31(12-14-33)26-56-48(69)38-25-36(66)27-65(38)49(70)45(51(3,4)5)59-41(67)10-8-6-7-9-22-64-23-21-40(62-64)58-47-42(46(55)68)43(60-61-47)34-17-20-37(63-75(71,72)50(53)54)39(24-34)73-30(2)32-15-18-35(52)19-16-32/h11-21,23-24,28,30,36,38,45,50,63,66H,6-10,22,25-27H2,1-5H3,(H2,55,68)(H,56,69)(H,59,67)(H2,58,60,61,62)/t30-,36+,38-,45+/m0/s1. The number of ether oxygens (including phenoxy) is 1. The van der Waals surface area contributed by atoms with Crippen LogP contribution in [0.15, 0.2) is 84.5 Å². The Morgan fingerprint density at radius 1 is 0.987 bits per heavy atom. The lowest BCUT2D eigenvalue weighted by atomic mass is 9.85. The fourth-order valence-electron chi connectivity index (χ4n) is 8.53. The van der Waals surface area contributed by atoms with E-state index in [9.17, 15) is 45.9 Å². The number of aliphatic hydroxyl groups excluding tert-OH is 1. The number of aryl methyl sites for hydroxylation is 2. The zero-order chi connectivity index (χ0) is 54.2. The molecule has 1 saturated heterocycles. The number of aromatic nitrogens is 5. The van der Waals surface area contributed by atoms with Gasteiger partial charge in [0.2, 0.25) is 17.7 Å². The lowest BCUT2D eigenvalue weighted by Gasteiger charge is -2.35. The number of hydrogen-bond acceptors (Lipinski definition) is 13. The highest BCUT2D eigenvalue weighted by Gasteiger charge is 2.44. The molecular formula is C51H60F3N11O8S2. The Kier molecular flexibility index (Phi) is 17.7. The summed E-state index contributed by atoms with van der Waals surface area (Å²) < 4.78 is 74.1. The summed E-state index contributed by atoms with van der Waals surface area (Å²) in [6.45, 7) is 9.76. The third-order valence-corrected chi connectivity index (χ3v) is 14.5. The highest BCUT2D eigenvalue weighted by molar-refractivity contribution is 7.93. The summed E-state index contributed by atoms with van der Waals surface area (Å²) in [7, 11) is -5.12. The summed E-state index contributed by atoms with van der Waals surface area (Å²) in [5.74, 6) is -6.12. The number of carbonyl (C=O) groups excluding carboxylic acids is 4. The number of halogens is 3. The first kappa shape index (κ1) is 55.4. The largest absolute Gasteiger partial charge is 0.484 e. The zero-order valence-electron chi connectivity index (χ0n) is 41.9. The molecule has 75 heavy (non-hydrogen) atoms. The predicted molar refractivity (Wildman–Crippen MR) is 277 cm³/mol. The normalized spacial score (nSPS) is 15.6. The fourth-order valence-corrected chi connectivity index (χ4v) is 9.91. The number of carbonyl (C=O) groups is 4. The van der Waals surface area contributed by atoms with Crippen LogP contribution in [0, 0.1) is 18.2 Å². The van der Waals surface area contributed by atoms with Crippen LogP contribution >= 0.6 is 11.3 Å². The van der Waals surface area contributed by atoms with Crippen LogP contribution < -0.4 is 31.1 Å². The molecule has 0 radical (unpaired) electrons. The molecule has 0 unspecified atom stereocenters. The van der Waals surface area contributed by atoms with Gasteiger partial charge in [0, 0.05) is 50.3 Å². The summed E-state index contributed by atoms with van der Waals surface area (Å²) >= 11 is 1.56. The minimum Gasteiger partial charge on any atom is -0.484 e. The van der Waals surface area contributed by atoms with Crippen LogP contribution in [0.4, 0.5) is 30.5 Å². The molecule has 24 heteroatoms. The third kappa shape index (κ3) is 14.1. The molecule has 1 aliphatic rings. The molecule has 3 aromatic carbocycles. The van der Waals surface area contributed by atoms with Crippen molar-refractivity contribution in [2.75, 3.05) is 16.6 Å². The van der Waals surface area contributed by atoms with E-state index in [0.717, 1.165) is 28.1 Å². The molecule has 6 aromatic rings. The number of β-amino-alcohol motifs (C(OH)–C–C–N with tert-alkyl or cyclic N) is 1. The number of H-pyrrole nitrogens is 1. The molecule has 3 aromatic heterocycles. The van der Waals surface area contributed by atoms with E-state index in [4.69, 9.17) is 10.5 Å². The number of nitrogens with one attached hydrogen (secondary N) is 5. The number of alkyl halides is 2. The maximum absolute atomic E-state index is 14.1. The second-order valence-electron chi connectivity index (χ2n) is 19.3. The average Bonchev–Trinajstić information content (AvgIpc) is 4.19. The predicted octanol–water partition coefficient (Wildman–Crippen LogP) is 7.55. The van der Waals surface area contributed by atoms with Crippen molar-refractivity contribution in [3.63, 3.8) is 0 Å². The summed E-state index contributed by atoms with van der Waals surface area (Å²) in [5, 5.41) is 30.9. The van der Waals surface area contributed by atoms with E-state index >= 15 is 0 Å². The number of nitrogens with two attached hydrogens (primary N) is 1. The smallest absolute Gasteiger partial charge is 0.355 e. The van der Waals surface area contributed by atoms with Crippen LogP contribution in [0.3, 0.4) is 0 Å². The van der Waals surface area contributed by atoms with E-state index in [-0.39, 0.29) is 71.8 Å². The van der Waals surface area contributed by atoms with Crippen molar-refractivity contribution in [2.24, 2.45) is 11.1 Å². The van der Waals surface area contributed by atoms with Gasteiger partial charge in [-0.3, -0.25) is 33.7 Å². The third-order valence-electron chi connectivity index (χ3n) is 12.6. The fraction of sp³-hybridized carbons (Fsp3) is 0.392. The van der Waals surface area contributed by atoms with E-state index in [1.807, 2.05) is 56.7 Å². The van der Waals surface area contributed by atoms with Crippen molar-refractivity contribution in [3.05, 3.63) is 113 Å². The van der Waals surface area contributed by atoms with E-state index in [1.165, 1.54) is 47.4 Å². The molecular weight excluding hydrogens is 1020 g/mol. The van der Waals surface area contributed by atoms with E-state index in [1.54, 1.807) is 40.7 Å². The van der Waals surface area contributed by atoms with Gasteiger partial charge < -0.3 is 36.4 Å². The van der Waals surface area contributed by atoms with Gasteiger partial charge in [-0.1, -0.05) is 76.1 Å². The Bertz CT molecular complexity index is 3090. The first-order chi connectivity index (χ1) is 35.6. The summed E-state index contributed by atoms with van der Waals surface area (Å²) in [4.78, 5) is 60.5. The Morgan fingerprint density at radius 3 is 2.36 bits per heavy atom. The number of unbranched alkanes of at least 4 members (excludes halogenated alkanes) is 3. The van der Waals surface area contributed by atoms with Gasteiger partial charge in [-0.15, -0.1) is 11.3 Å². The maximum atomic E-state index is 14.1. The van der Waals surface area contributed by atoms with Crippen LogP contribution in [0.2, 0.25) is 0 Å². The molecule has 4 heterocycles. The van der Waals surface area contributed by atoms with Crippen LogP contribution in [0.1, 0.15) is 99.5 Å². The first-order valence-corrected chi connectivity index (χ1v) is 26.6. The Morgan fingerprint density at radius 2 is 1.69 bits per heavy atom. The highest BCUT2D eigenvalue weighted by Crippen LogP contribution is 2.37. The lowest BCUT2D eigenvalue weighted by Crippen LogP contribution is -2.57. The maximum Gasteiger partial charge on any atom is 0.355 e. The molecule has 1 aliphatic heterocycles. The molecule has 1 fully saturated rings. The summed E-state index contributed by atoms with van der Waals surface area (Å²) in [6.07, 6.45) is 2.97. The van der Waals surface area contributed by atoms with E-state index < -0.39 is 63.1 Å². The molecule has 400 valence electrons. The van der Waals surface area contributed by atoms with Crippen LogP contribution in [0.25, 0.3) is 21.7 Å². The van der Waals surface area contributed by atoms with Crippen molar-refractivity contribution in [2.45, 2.75) is 116 Å². The molecule has 4 atom stereocenters. The number of nitrogens with zero attached hydrogens (tertiary/aromatic N) is 5. The number of likely N-dealkylation sites (tertiary alicyclic amines) is 1. The number of rotatable bonds is 23. The number of sulfonamides is 1.